The highest BCUT2D eigenvalue weighted by molar-refractivity contribution is 5.95. The van der Waals surface area contributed by atoms with Crippen LogP contribution in [0.4, 0.5) is 13.2 Å². The maximum Gasteiger partial charge on any atom is 0.573 e. The highest BCUT2D eigenvalue weighted by Crippen LogP contribution is 2.29. The minimum atomic E-state index is -4.74. The predicted octanol–water partition coefficient (Wildman–Crippen LogP) is 4.52. The zero-order valence-electron chi connectivity index (χ0n) is 12.5. The van der Waals surface area contributed by atoms with Gasteiger partial charge in [0.2, 0.25) is 0 Å². The molecule has 124 valence electrons. The zero-order valence-corrected chi connectivity index (χ0v) is 12.5. The van der Waals surface area contributed by atoms with E-state index in [0.717, 1.165) is 5.39 Å². The quantitative estimate of drug-likeness (QED) is 0.716. The van der Waals surface area contributed by atoms with E-state index in [2.05, 4.69) is 14.5 Å². The minimum absolute atomic E-state index is 0.297. The lowest BCUT2D eigenvalue weighted by molar-refractivity contribution is -0.274. The van der Waals surface area contributed by atoms with Crippen LogP contribution >= 0.6 is 0 Å². The van der Waals surface area contributed by atoms with Gasteiger partial charge in [-0.05, 0) is 30.3 Å². The van der Waals surface area contributed by atoms with E-state index in [1.807, 2.05) is 0 Å². The molecule has 3 rings (SSSR count). The summed E-state index contributed by atoms with van der Waals surface area (Å²) in [6.07, 6.45) is -4.74. The van der Waals surface area contributed by atoms with Gasteiger partial charge in [-0.1, -0.05) is 18.2 Å². The Labute approximate surface area is 134 Å². The molecule has 0 fully saturated rings. The Bertz CT molecular complexity index is 899. The van der Waals surface area contributed by atoms with E-state index >= 15 is 0 Å². The van der Waals surface area contributed by atoms with E-state index in [1.54, 1.807) is 30.3 Å². The summed E-state index contributed by atoms with van der Waals surface area (Å²) >= 11 is 0. The number of ether oxygens (including phenoxy) is 2. The van der Waals surface area contributed by atoms with E-state index in [0.29, 0.717) is 22.3 Å². The number of carbonyl (C=O) groups excluding carboxylic acids is 1. The summed E-state index contributed by atoms with van der Waals surface area (Å²) < 4.78 is 45.6. The van der Waals surface area contributed by atoms with Crippen molar-refractivity contribution in [1.82, 2.24) is 4.98 Å². The van der Waals surface area contributed by atoms with Crippen LogP contribution < -0.4 is 4.74 Å². The first-order valence-corrected chi connectivity index (χ1v) is 6.93. The number of H-pyrrole nitrogens is 1. The van der Waals surface area contributed by atoms with Gasteiger partial charge in [-0.2, -0.15) is 0 Å². The van der Waals surface area contributed by atoms with Crippen molar-refractivity contribution < 1.29 is 27.4 Å². The number of alkyl halides is 3. The number of hydrogen-bond acceptors (Lipinski definition) is 3. The monoisotopic (exact) mass is 335 g/mol. The Morgan fingerprint density at radius 1 is 1.08 bits per heavy atom. The maximum atomic E-state index is 12.3. The average molecular weight is 335 g/mol. The molecule has 0 radical (unpaired) electrons. The third-order valence-corrected chi connectivity index (χ3v) is 3.42. The Balaban J connectivity index is 1.97. The molecule has 0 unspecified atom stereocenters. The van der Waals surface area contributed by atoms with Crippen molar-refractivity contribution >= 4 is 16.9 Å². The summed E-state index contributed by atoms with van der Waals surface area (Å²) in [6.45, 7) is 0. The van der Waals surface area contributed by atoms with Crippen LogP contribution in [0.1, 0.15) is 10.4 Å². The number of benzene rings is 2. The lowest BCUT2D eigenvalue weighted by Crippen LogP contribution is -2.17. The third kappa shape index (κ3) is 3.34. The van der Waals surface area contributed by atoms with E-state index in [1.165, 1.54) is 25.3 Å². The normalized spacial score (nSPS) is 11.5. The maximum absolute atomic E-state index is 12.3. The number of methoxy groups -OCH3 is 1. The molecule has 1 N–H and O–H groups in total. The van der Waals surface area contributed by atoms with Crippen LogP contribution in [0, 0.1) is 0 Å². The average Bonchev–Trinajstić information content (AvgIpc) is 2.96. The number of fused-ring (bicyclic) bond motifs is 1. The molecular formula is C17H12F3NO3. The van der Waals surface area contributed by atoms with Gasteiger partial charge in [-0.25, -0.2) is 4.79 Å². The number of aromatic nitrogens is 1. The summed E-state index contributed by atoms with van der Waals surface area (Å²) in [5, 5.41) is 0.819. The predicted molar refractivity (Wildman–Crippen MR) is 81.8 cm³/mol. The third-order valence-electron chi connectivity index (χ3n) is 3.42. The number of aromatic amines is 1. The fraction of sp³-hybridized carbons (Fsp3) is 0.118. The standard InChI is InChI=1S/C17H12F3NO3/c1-23-16(22)12-6-5-11-8-14(21-15(11)9-12)10-3-2-4-13(7-10)24-17(18,19)20/h2-9,21H,1H3. The number of rotatable bonds is 3. The molecule has 0 saturated heterocycles. The van der Waals surface area contributed by atoms with Crippen LogP contribution in [0.3, 0.4) is 0 Å². The molecule has 2 aromatic carbocycles. The molecule has 7 heteroatoms. The molecule has 1 aromatic heterocycles. The Hall–Kier alpha value is -2.96. The Kier molecular flexibility index (Phi) is 3.92. The molecular weight excluding hydrogens is 323 g/mol. The SMILES string of the molecule is COC(=O)c1ccc2cc(-c3cccc(OC(F)(F)F)c3)[nH]c2c1. The first kappa shape index (κ1) is 15.9. The number of carbonyl (C=O) groups is 1. The van der Waals surface area contributed by atoms with Gasteiger partial charge in [0.25, 0.3) is 0 Å². The largest absolute Gasteiger partial charge is 0.573 e. The molecule has 0 aliphatic carbocycles. The second-order valence-electron chi connectivity index (χ2n) is 5.05. The lowest BCUT2D eigenvalue weighted by Gasteiger charge is -2.09. The van der Waals surface area contributed by atoms with Gasteiger partial charge in [0.1, 0.15) is 5.75 Å². The van der Waals surface area contributed by atoms with Crippen molar-refractivity contribution in [2.45, 2.75) is 6.36 Å². The van der Waals surface area contributed by atoms with Gasteiger partial charge >= 0.3 is 12.3 Å². The first-order valence-electron chi connectivity index (χ1n) is 6.93. The summed E-state index contributed by atoms with van der Waals surface area (Å²) in [7, 11) is 1.29. The molecule has 0 spiro atoms. The van der Waals surface area contributed by atoms with E-state index in [4.69, 9.17) is 0 Å². The van der Waals surface area contributed by atoms with Gasteiger partial charge < -0.3 is 14.5 Å². The Morgan fingerprint density at radius 3 is 2.58 bits per heavy atom. The van der Waals surface area contributed by atoms with Crippen molar-refractivity contribution in [2.24, 2.45) is 0 Å². The highest BCUT2D eigenvalue weighted by atomic mass is 19.4. The molecule has 0 atom stereocenters. The van der Waals surface area contributed by atoms with Gasteiger partial charge in [-0.15, -0.1) is 13.2 Å². The molecule has 1 heterocycles. The second kappa shape index (κ2) is 5.92. The van der Waals surface area contributed by atoms with Gasteiger partial charge in [0.05, 0.1) is 12.7 Å². The number of esters is 1. The van der Waals surface area contributed by atoms with E-state index in [-0.39, 0.29) is 5.75 Å². The topological polar surface area (TPSA) is 51.3 Å². The molecule has 4 nitrogen and oxygen atoms in total. The molecule has 0 saturated carbocycles. The van der Waals surface area contributed by atoms with Crippen LogP contribution in [-0.4, -0.2) is 24.4 Å². The molecule has 0 aliphatic rings. The van der Waals surface area contributed by atoms with Gasteiger partial charge in [0, 0.05) is 22.2 Å². The first-order chi connectivity index (χ1) is 11.4. The Morgan fingerprint density at radius 2 is 1.88 bits per heavy atom. The summed E-state index contributed by atoms with van der Waals surface area (Å²) in [6, 6.07) is 12.4. The molecule has 24 heavy (non-hydrogen) atoms. The number of nitrogens with one attached hydrogen (secondary N) is 1. The van der Waals surface area contributed by atoms with E-state index < -0.39 is 12.3 Å². The van der Waals surface area contributed by atoms with E-state index in [9.17, 15) is 18.0 Å². The van der Waals surface area contributed by atoms with Crippen LogP contribution in [-0.2, 0) is 4.74 Å². The molecule has 0 aliphatic heterocycles. The summed E-state index contributed by atoms with van der Waals surface area (Å²) in [5.74, 6) is -0.762. The van der Waals surface area contributed by atoms with Gasteiger partial charge in [0.15, 0.2) is 0 Å². The summed E-state index contributed by atoms with van der Waals surface area (Å²) in [5.41, 5.74) is 2.20. The second-order valence-corrected chi connectivity index (χ2v) is 5.05. The van der Waals surface area contributed by atoms with Crippen LogP contribution in [0.5, 0.6) is 5.75 Å². The lowest BCUT2D eigenvalue weighted by atomic mass is 10.1. The fourth-order valence-corrected chi connectivity index (χ4v) is 2.39. The molecule has 3 aromatic rings. The minimum Gasteiger partial charge on any atom is -0.465 e. The van der Waals surface area contributed by atoms with Crippen molar-refractivity contribution in [2.75, 3.05) is 7.11 Å². The highest BCUT2D eigenvalue weighted by Gasteiger charge is 2.31. The number of halogens is 3. The van der Waals surface area contributed by atoms with Crippen molar-refractivity contribution in [3.05, 3.63) is 54.1 Å². The van der Waals surface area contributed by atoms with Crippen LogP contribution in [0.15, 0.2) is 48.5 Å². The summed E-state index contributed by atoms with van der Waals surface area (Å²) in [4.78, 5) is 14.6. The van der Waals surface area contributed by atoms with Crippen molar-refractivity contribution in [3.63, 3.8) is 0 Å². The van der Waals surface area contributed by atoms with Crippen molar-refractivity contribution in [3.8, 4) is 17.0 Å². The van der Waals surface area contributed by atoms with Crippen LogP contribution in [0.2, 0.25) is 0 Å². The molecule has 0 amide bonds. The smallest absolute Gasteiger partial charge is 0.465 e. The van der Waals surface area contributed by atoms with Crippen molar-refractivity contribution in [1.29, 1.82) is 0 Å². The molecule has 0 bridgehead atoms. The number of hydrogen-bond donors (Lipinski definition) is 1. The zero-order chi connectivity index (χ0) is 17.3. The van der Waals surface area contributed by atoms with Gasteiger partial charge in [-0.3, -0.25) is 0 Å². The fourth-order valence-electron chi connectivity index (χ4n) is 2.39. The van der Waals surface area contributed by atoms with Crippen LogP contribution in [0.25, 0.3) is 22.2 Å².